The summed E-state index contributed by atoms with van der Waals surface area (Å²) in [4.78, 5) is 30.4. The van der Waals surface area contributed by atoms with Gasteiger partial charge in [-0.25, -0.2) is 14.3 Å². The van der Waals surface area contributed by atoms with Crippen molar-refractivity contribution in [3.05, 3.63) is 59.7 Å². The predicted octanol–water partition coefficient (Wildman–Crippen LogP) is 6.54. The highest BCUT2D eigenvalue weighted by Gasteiger charge is 2.39. The van der Waals surface area contributed by atoms with Gasteiger partial charge in [-0.05, 0) is 49.3 Å². The Balaban J connectivity index is 1.48. The first-order chi connectivity index (χ1) is 18.1. The van der Waals surface area contributed by atoms with Gasteiger partial charge in [-0.3, -0.25) is 4.79 Å². The van der Waals surface area contributed by atoms with E-state index in [2.05, 4.69) is 17.0 Å². The van der Waals surface area contributed by atoms with Crippen molar-refractivity contribution >= 4 is 34.5 Å². The lowest BCUT2D eigenvalue weighted by molar-refractivity contribution is -0.135. The Hall–Kier alpha value is -3.73. The van der Waals surface area contributed by atoms with Gasteiger partial charge in [-0.15, -0.1) is 11.3 Å². The third kappa shape index (κ3) is 5.42. The molecule has 1 aliphatic rings. The van der Waals surface area contributed by atoms with Gasteiger partial charge >= 0.3 is 12.1 Å². The van der Waals surface area contributed by atoms with Gasteiger partial charge in [0.2, 0.25) is 5.91 Å². The summed E-state index contributed by atoms with van der Waals surface area (Å²) in [5.74, 6) is -2.19. The van der Waals surface area contributed by atoms with Crippen molar-refractivity contribution in [2.45, 2.75) is 38.8 Å². The van der Waals surface area contributed by atoms with E-state index in [1.54, 1.807) is 47.2 Å². The summed E-state index contributed by atoms with van der Waals surface area (Å²) in [6.07, 6.45) is 1.27. The highest BCUT2D eigenvalue weighted by molar-refractivity contribution is 7.18. The number of hydrogen-bond donors (Lipinski definition) is 1. The number of carbonyl (C=O) groups is 2. The number of fused-ring (bicyclic) bond motifs is 1. The minimum atomic E-state index is -4.68. The summed E-state index contributed by atoms with van der Waals surface area (Å²) < 4.78 is 42.4. The van der Waals surface area contributed by atoms with Gasteiger partial charge in [0.05, 0.1) is 11.4 Å². The zero-order valence-corrected chi connectivity index (χ0v) is 21.3. The first kappa shape index (κ1) is 25.9. The second kappa shape index (κ2) is 10.2. The standard InChI is InChI=1S/C27H25F3N4O3S/c1-16-3-5-19(6-4-16)25(35)33(15-27(28,29)30)21-14-22(38-24(21)26(36)37)18-9-7-17(8-10-18)20-13-23-31-11-2-12-34(23)32-20/h2,7-14,16,19H,3-6,15H2,1H3,(H,36,37)/t16-,19-. The topological polar surface area (TPSA) is 87.8 Å². The molecule has 1 saturated carbocycles. The lowest BCUT2D eigenvalue weighted by Crippen LogP contribution is -2.43. The molecule has 1 amide bonds. The van der Waals surface area contributed by atoms with Gasteiger partial charge in [-0.2, -0.15) is 18.3 Å². The van der Waals surface area contributed by atoms with Crippen LogP contribution in [0, 0.1) is 11.8 Å². The molecule has 3 heterocycles. The zero-order valence-electron chi connectivity index (χ0n) is 20.5. The molecule has 0 saturated heterocycles. The van der Waals surface area contributed by atoms with Gasteiger partial charge in [0.15, 0.2) is 5.65 Å². The predicted molar refractivity (Wildman–Crippen MR) is 138 cm³/mol. The maximum atomic E-state index is 13.6. The van der Waals surface area contributed by atoms with Crippen molar-refractivity contribution in [3.63, 3.8) is 0 Å². The molecule has 7 nitrogen and oxygen atoms in total. The lowest BCUT2D eigenvalue weighted by atomic mass is 9.82. The van der Waals surface area contributed by atoms with Crippen molar-refractivity contribution in [2.75, 3.05) is 11.4 Å². The van der Waals surface area contributed by atoms with Crippen molar-refractivity contribution < 1.29 is 27.9 Å². The maximum Gasteiger partial charge on any atom is 0.406 e. The molecular weight excluding hydrogens is 517 g/mol. The fourth-order valence-corrected chi connectivity index (χ4v) is 5.85. The van der Waals surface area contributed by atoms with Crippen LogP contribution in [0.4, 0.5) is 18.9 Å². The zero-order chi connectivity index (χ0) is 27.0. The minimum absolute atomic E-state index is 0.214. The fourth-order valence-electron chi connectivity index (χ4n) is 4.84. The number of amides is 1. The molecule has 0 aliphatic heterocycles. The number of carboxylic acids is 1. The van der Waals surface area contributed by atoms with Crippen molar-refractivity contribution in [1.29, 1.82) is 0 Å². The average molecular weight is 543 g/mol. The second-order valence-electron chi connectivity index (χ2n) is 9.66. The number of carboxylic acid groups (broad SMARTS) is 1. The van der Waals surface area contributed by atoms with E-state index in [0.717, 1.165) is 29.7 Å². The van der Waals surface area contributed by atoms with Crippen LogP contribution in [0.2, 0.25) is 0 Å². The number of aromatic nitrogens is 3. The number of rotatable bonds is 6. The molecule has 1 N–H and O–H groups in total. The Labute approximate surface area is 220 Å². The van der Waals surface area contributed by atoms with Gasteiger partial charge in [0.1, 0.15) is 11.4 Å². The van der Waals surface area contributed by atoms with Crippen LogP contribution in [0.1, 0.15) is 42.3 Å². The Morgan fingerprint density at radius 3 is 2.42 bits per heavy atom. The van der Waals surface area contributed by atoms with E-state index < -0.39 is 30.5 Å². The van der Waals surface area contributed by atoms with Gasteiger partial charge in [0.25, 0.3) is 0 Å². The Bertz CT molecular complexity index is 1440. The molecule has 5 rings (SSSR count). The normalized spacial score (nSPS) is 18.0. The highest BCUT2D eigenvalue weighted by atomic mass is 32.1. The van der Waals surface area contributed by atoms with Gasteiger partial charge < -0.3 is 10.0 Å². The molecule has 1 aromatic carbocycles. The molecule has 0 spiro atoms. The summed E-state index contributed by atoms with van der Waals surface area (Å²) in [6, 6.07) is 12.1. The van der Waals surface area contributed by atoms with Crippen LogP contribution in [0.15, 0.2) is 54.9 Å². The summed E-state index contributed by atoms with van der Waals surface area (Å²) in [7, 11) is 0. The van der Waals surface area contributed by atoms with Crippen LogP contribution in [-0.4, -0.2) is 44.3 Å². The third-order valence-corrected chi connectivity index (χ3v) is 8.03. The molecule has 0 atom stereocenters. The van der Waals surface area contributed by atoms with Crippen molar-refractivity contribution in [3.8, 4) is 21.7 Å². The monoisotopic (exact) mass is 542 g/mol. The van der Waals surface area contributed by atoms with Crippen LogP contribution in [-0.2, 0) is 4.79 Å². The molecule has 1 aliphatic carbocycles. The lowest BCUT2D eigenvalue weighted by Gasteiger charge is -2.31. The number of alkyl halides is 3. The largest absolute Gasteiger partial charge is 0.477 e. The smallest absolute Gasteiger partial charge is 0.406 e. The van der Waals surface area contributed by atoms with Crippen LogP contribution >= 0.6 is 11.3 Å². The Kier molecular flexibility index (Phi) is 6.95. The summed E-state index contributed by atoms with van der Waals surface area (Å²) in [6.45, 7) is 0.522. The van der Waals surface area contributed by atoms with E-state index >= 15 is 0 Å². The second-order valence-corrected chi connectivity index (χ2v) is 10.7. The van der Waals surface area contributed by atoms with Crippen LogP contribution in [0.5, 0.6) is 0 Å². The first-order valence-electron chi connectivity index (χ1n) is 12.3. The highest BCUT2D eigenvalue weighted by Crippen LogP contribution is 2.40. The average Bonchev–Trinajstić information content (AvgIpc) is 3.52. The number of anilines is 1. The molecule has 3 aromatic heterocycles. The summed E-state index contributed by atoms with van der Waals surface area (Å²) in [5.41, 5.74) is 2.59. The third-order valence-electron chi connectivity index (χ3n) is 6.87. The summed E-state index contributed by atoms with van der Waals surface area (Å²) in [5, 5.41) is 14.3. The number of carbonyl (C=O) groups excluding carboxylic acids is 1. The molecule has 1 fully saturated rings. The number of hydrogen-bond acceptors (Lipinski definition) is 5. The maximum absolute atomic E-state index is 13.6. The molecule has 4 aromatic rings. The van der Waals surface area contributed by atoms with Crippen molar-refractivity contribution in [2.24, 2.45) is 11.8 Å². The van der Waals surface area contributed by atoms with E-state index in [0.29, 0.717) is 45.4 Å². The molecule has 198 valence electrons. The number of benzene rings is 1. The van der Waals surface area contributed by atoms with E-state index in [9.17, 15) is 27.9 Å². The molecule has 11 heteroatoms. The molecule has 0 unspecified atom stereocenters. The molecule has 0 radical (unpaired) electrons. The SMILES string of the molecule is C[C@H]1CC[C@H](C(=O)N(CC(F)(F)F)c2cc(-c3ccc(-c4cc5ncccn5n4)cc3)sc2C(=O)O)CC1. The van der Waals surface area contributed by atoms with Gasteiger partial charge in [0, 0.05) is 34.8 Å². The van der Waals surface area contributed by atoms with Gasteiger partial charge in [-0.1, -0.05) is 31.2 Å². The van der Waals surface area contributed by atoms with Crippen LogP contribution < -0.4 is 4.90 Å². The number of thiophene rings is 1. The van der Waals surface area contributed by atoms with Crippen molar-refractivity contribution in [1.82, 2.24) is 14.6 Å². The Morgan fingerprint density at radius 1 is 1.11 bits per heavy atom. The summed E-state index contributed by atoms with van der Waals surface area (Å²) >= 11 is 0.854. The van der Waals surface area contributed by atoms with E-state index in [1.807, 2.05) is 6.07 Å². The van der Waals surface area contributed by atoms with E-state index in [-0.39, 0.29) is 10.6 Å². The van der Waals surface area contributed by atoms with Crippen LogP contribution in [0.25, 0.3) is 27.3 Å². The van der Waals surface area contributed by atoms with E-state index in [1.165, 1.54) is 6.07 Å². The minimum Gasteiger partial charge on any atom is -0.477 e. The number of aromatic carboxylic acids is 1. The number of nitrogens with zero attached hydrogens (tertiary/aromatic N) is 4. The Morgan fingerprint density at radius 2 is 1.79 bits per heavy atom. The quantitative estimate of drug-likeness (QED) is 0.299. The van der Waals surface area contributed by atoms with E-state index in [4.69, 9.17) is 0 Å². The molecule has 0 bridgehead atoms. The fraction of sp³-hybridized carbons (Fsp3) is 0.333. The first-order valence-corrected chi connectivity index (χ1v) is 13.1. The molecular formula is C27H25F3N4O3S. The number of halogens is 3. The molecule has 38 heavy (non-hydrogen) atoms. The van der Waals surface area contributed by atoms with Crippen LogP contribution in [0.3, 0.4) is 0 Å².